The molecule has 0 saturated heterocycles. The molecule has 8 heteroatoms. The van der Waals surface area contributed by atoms with Crippen LogP contribution in [0.3, 0.4) is 0 Å². The topological polar surface area (TPSA) is 84.9 Å². The third-order valence-electron chi connectivity index (χ3n) is 3.04. The van der Waals surface area contributed by atoms with Crippen molar-refractivity contribution in [1.82, 2.24) is 5.32 Å². The van der Waals surface area contributed by atoms with Crippen LogP contribution >= 0.6 is 0 Å². The van der Waals surface area contributed by atoms with Gasteiger partial charge in [-0.3, -0.25) is 9.10 Å². The lowest BCUT2D eigenvalue weighted by Gasteiger charge is -2.22. The first-order chi connectivity index (χ1) is 10.3. The average molecular weight is 328 g/mol. The first-order valence-corrected chi connectivity index (χ1v) is 8.79. The number of ether oxygens (including phenoxy) is 2. The summed E-state index contributed by atoms with van der Waals surface area (Å²) in [4.78, 5) is 11.7. The van der Waals surface area contributed by atoms with Gasteiger partial charge in [0.05, 0.1) is 11.9 Å². The van der Waals surface area contributed by atoms with E-state index in [0.717, 1.165) is 6.26 Å². The van der Waals surface area contributed by atoms with Crippen molar-refractivity contribution in [3.63, 3.8) is 0 Å². The fraction of sp³-hybridized carbons (Fsp3) is 0.500. The van der Waals surface area contributed by atoms with Crippen LogP contribution in [0.15, 0.2) is 18.2 Å². The fourth-order valence-electron chi connectivity index (χ4n) is 2.12. The van der Waals surface area contributed by atoms with Gasteiger partial charge in [0.15, 0.2) is 11.5 Å². The van der Waals surface area contributed by atoms with Crippen LogP contribution in [0.25, 0.3) is 0 Å². The molecule has 0 unspecified atom stereocenters. The molecule has 22 heavy (non-hydrogen) atoms. The summed E-state index contributed by atoms with van der Waals surface area (Å²) in [6, 6.07) is 4.91. The SMILES string of the molecule is CC(C)NC(=O)CCN(c1ccc2c(c1)OCO2)S(C)(=O)=O. The lowest BCUT2D eigenvalue weighted by molar-refractivity contribution is -0.121. The monoisotopic (exact) mass is 328 g/mol. The molecule has 1 aromatic rings. The van der Waals surface area contributed by atoms with E-state index in [9.17, 15) is 13.2 Å². The summed E-state index contributed by atoms with van der Waals surface area (Å²) >= 11 is 0. The van der Waals surface area contributed by atoms with Gasteiger partial charge in [0.25, 0.3) is 0 Å². The van der Waals surface area contributed by atoms with Crippen molar-refractivity contribution in [2.75, 3.05) is 23.9 Å². The van der Waals surface area contributed by atoms with Crippen molar-refractivity contribution in [2.45, 2.75) is 26.3 Å². The Morgan fingerprint density at radius 2 is 2.00 bits per heavy atom. The summed E-state index contributed by atoms with van der Waals surface area (Å²) in [5.74, 6) is 0.886. The molecule has 1 aromatic carbocycles. The molecule has 0 saturated carbocycles. The molecule has 2 rings (SSSR count). The van der Waals surface area contributed by atoms with Gasteiger partial charge in [0, 0.05) is 25.1 Å². The summed E-state index contributed by atoms with van der Waals surface area (Å²) < 4.78 is 35.6. The molecule has 0 radical (unpaired) electrons. The highest BCUT2D eigenvalue weighted by Crippen LogP contribution is 2.36. The molecule has 7 nitrogen and oxygen atoms in total. The number of hydrogen-bond acceptors (Lipinski definition) is 5. The molecule has 1 heterocycles. The standard InChI is InChI=1S/C14H20N2O5S/c1-10(2)15-14(17)6-7-16(22(3,18)19)11-4-5-12-13(8-11)21-9-20-12/h4-5,8,10H,6-7,9H2,1-3H3,(H,15,17). The molecule has 0 spiro atoms. The number of sulfonamides is 1. The van der Waals surface area contributed by atoms with Gasteiger partial charge >= 0.3 is 0 Å². The van der Waals surface area contributed by atoms with Gasteiger partial charge in [-0.2, -0.15) is 0 Å². The number of carbonyl (C=O) groups excluding carboxylic acids is 1. The molecule has 0 atom stereocenters. The predicted octanol–water partition coefficient (Wildman–Crippen LogP) is 1.10. The Bertz CT molecular complexity index is 657. The molecular weight excluding hydrogens is 308 g/mol. The zero-order valence-electron chi connectivity index (χ0n) is 12.8. The van der Waals surface area contributed by atoms with Crippen LogP contribution in [0.2, 0.25) is 0 Å². The Labute approximate surface area is 130 Å². The zero-order valence-corrected chi connectivity index (χ0v) is 13.6. The molecule has 0 bridgehead atoms. The van der Waals surface area contributed by atoms with Gasteiger partial charge in [0.1, 0.15) is 0 Å². The quantitative estimate of drug-likeness (QED) is 0.845. The first-order valence-electron chi connectivity index (χ1n) is 6.94. The summed E-state index contributed by atoms with van der Waals surface area (Å²) in [5, 5.41) is 2.74. The molecule has 0 aliphatic carbocycles. The lowest BCUT2D eigenvalue weighted by Crippen LogP contribution is -2.36. The fourth-order valence-corrected chi connectivity index (χ4v) is 3.04. The second-order valence-electron chi connectivity index (χ2n) is 5.34. The molecule has 1 aliphatic rings. The van der Waals surface area contributed by atoms with Crippen LogP contribution in [0, 0.1) is 0 Å². The van der Waals surface area contributed by atoms with Gasteiger partial charge < -0.3 is 14.8 Å². The van der Waals surface area contributed by atoms with Crippen molar-refractivity contribution >= 4 is 21.6 Å². The van der Waals surface area contributed by atoms with Crippen molar-refractivity contribution in [2.24, 2.45) is 0 Å². The molecule has 1 N–H and O–H groups in total. The predicted molar refractivity (Wildman–Crippen MR) is 82.7 cm³/mol. The van der Waals surface area contributed by atoms with E-state index >= 15 is 0 Å². The Morgan fingerprint density at radius 3 is 2.64 bits per heavy atom. The highest BCUT2D eigenvalue weighted by molar-refractivity contribution is 7.92. The maximum Gasteiger partial charge on any atom is 0.232 e. The molecule has 0 aromatic heterocycles. The van der Waals surface area contributed by atoms with Crippen molar-refractivity contribution < 1.29 is 22.7 Å². The number of benzene rings is 1. The third kappa shape index (κ3) is 4.03. The summed E-state index contributed by atoms with van der Waals surface area (Å²) in [5.41, 5.74) is 0.448. The molecule has 0 fully saturated rings. The molecular formula is C14H20N2O5S. The number of fused-ring (bicyclic) bond motifs is 1. The highest BCUT2D eigenvalue weighted by Gasteiger charge is 2.22. The smallest absolute Gasteiger partial charge is 0.232 e. The zero-order chi connectivity index (χ0) is 16.3. The van der Waals surface area contributed by atoms with E-state index in [4.69, 9.17) is 9.47 Å². The van der Waals surface area contributed by atoms with Crippen molar-refractivity contribution in [3.05, 3.63) is 18.2 Å². The van der Waals surface area contributed by atoms with Crippen LogP contribution in [-0.2, 0) is 14.8 Å². The lowest BCUT2D eigenvalue weighted by atomic mass is 10.2. The van der Waals surface area contributed by atoms with E-state index in [0.29, 0.717) is 17.2 Å². The van der Waals surface area contributed by atoms with E-state index in [-0.39, 0.29) is 31.7 Å². The van der Waals surface area contributed by atoms with Gasteiger partial charge in [-0.1, -0.05) is 0 Å². The van der Waals surface area contributed by atoms with E-state index < -0.39 is 10.0 Å². The van der Waals surface area contributed by atoms with E-state index in [1.165, 1.54) is 4.31 Å². The number of carbonyl (C=O) groups is 1. The Kier molecular flexibility index (Phi) is 4.80. The minimum atomic E-state index is -3.50. The van der Waals surface area contributed by atoms with Crippen LogP contribution in [-0.4, -0.2) is 40.0 Å². The van der Waals surface area contributed by atoms with Crippen LogP contribution < -0.4 is 19.1 Å². The normalized spacial score (nSPS) is 13.3. The van der Waals surface area contributed by atoms with Crippen LogP contribution in [0.1, 0.15) is 20.3 Å². The Balaban J connectivity index is 2.15. The maximum atomic E-state index is 12.0. The van der Waals surface area contributed by atoms with Crippen molar-refractivity contribution in [1.29, 1.82) is 0 Å². The summed E-state index contributed by atoms with van der Waals surface area (Å²) in [6.07, 6.45) is 1.19. The number of anilines is 1. The second-order valence-corrected chi connectivity index (χ2v) is 7.25. The number of nitrogens with one attached hydrogen (secondary N) is 1. The maximum absolute atomic E-state index is 12.0. The molecule has 1 aliphatic heterocycles. The van der Waals surface area contributed by atoms with Crippen LogP contribution in [0.4, 0.5) is 5.69 Å². The van der Waals surface area contributed by atoms with Crippen molar-refractivity contribution in [3.8, 4) is 11.5 Å². The minimum absolute atomic E-state index is 0.0183. The Morgan fingerprint density at radius 1 is 1.32 bits per heavy atom. The van der Waals surface area contributed by atoms with Gasteiger partial charge in [-0.05, 0) is 26.0 Å². The first kappa shape index (κ1) is 16.4. The Hall–Kier alpha value is -1.96. The molecule has 1 amide bonds. The number of nitrogens with zero attached hydrogens (tertiary/aromatic N) is 1. The molecule has 122 valence electrons. The third-order valence-corrected chi connectivity index (χ3v) is 4.23. The summed E-state index contributed by atoms with van der Waals surface area (Å²) in [6.45, 7) is 3.89. The van der Waals surface area contributed by atoms with E-state index in [1.54, 1.807) is 18.2 Å². The number of rotatable bonds is 6. The number of amides is 1. The highest BCUT2D eigenvalue weighted by atomic mass is 32.2. The van der Waals surface area contributed by atoms with Crippen LogP contribution in [0.5, 0.6) is 11.5 Å². The van der Waals surface area contributed by atoms with Gasteiger partial charge in [-0.25, -0.2) is 8.42 Å². The van der Waals surface area contributed by atoms with Gasteiger partial charge in [-0.15, -0.1) is 0 Å². The largest absolute Gasteiger partial charge is 0.454 e. The average Bonchev–Trinajstić information content (AvgIpc) is 2.83. The minimum Gasteiger partial charge on any atom is -0.454 e. The summed E-state index contributed by atoms with van der Waals surface area (Å²) in [7, 11) is -3.50. The van der Waals surface area contributed by atoms with Gasteiger partial charge in [0.2, 0.25) is 22.7 Å². The van der Waals surface area contributed by atoms with E-state index in [1.807, 2.05) is 13.8 Å². The van der Waals surface area contributed by atoms with E-state index in [2.05, 4.69) is 5.32 Å². The second kappa shape index (κ2) is 6.43. The number of hydrogen-bond donors (Lipinski definition) is 1.